The minimum Gasteiger partial charge on any atom is -0.465 e. The Morgan fingerprint density at radius 3 is 2.12 bits per heavy atom. The van der Waals surface area contributed by atoms with Gasteiger partial charge in [0.15, 0.2) is 0 Å². The fourth-order valence-electron chi connectivity index (χ4n) is 9.47. The Balaban J connectivity index is 0.854. The molecule has 0 bridgehead atoms. The third-order valence-electron chi connectivity index (χ3n) is 13.3. The molecule has 2 atom stereocenters. The van der Waals surface area contributed by atoms with Gasteiger partial charge in [-0.25, -0.2) is 4.79 Å². The molecule has 5 aromatic rings. The third-order valence-corrected chi connectivity index (χ3v) is 14.5. The first-order valence-corrected chi connectivity index (χ1v) is 22.3. The highest BCUT2D eigenvalue weighted by Crippen LogP contribution is 2.62. The van der Waals surface area contributed by atoms with Gasteiger partial charge in [0.25, 0.3) is 11.8 Å². The van der Waals surface area contributed by atoms with E-state index in [1.807, 2.05) is 84.9 Å². The van der Waals surface area contributed by atoms with Gasteiger partial charge in [0.1, 0.15) is 11.6 Å². The first kappa shape index (κ1) is 41.2. The molecule has 9 heteroatoms. The van der Waals surface area contributed by atoms with Crippen LogP contribution in [0.2, 0.25) is 0 Å². The van der Waals surface area contributed by atoms with Gasteiger partial charge in [-0.15, -0.1) is 11.3 Å². The van der Waals surface area contributed by atoms with Gasteiger partial charge in [-0.1, -0.05) is 73.7 Å². The number of carbonyl (C=O) groups excluding carboxylic acids is 4. The maximum Gasteiger partial charge on any atom is 0.337 e. The van der Waals surface area contributed by atoms with E-state index in [1.165, 1.54) is 23.3 Å². The highest BCUT2D eigenvalue weighted by Gasteiger charge is 2.55. The zero-order valence-electron chi connectivity index (χ0n) is 34.6. The predicted molar refractivity (Wildman–Crippen MR) is 237 cm³/mol. The monoisotopic (exact) mass is 822 g/mol. The van der Waals surface area contributed by atoms with Gasteiger partial charge in [0.2, 0.25) is 0 Å². The maximum absolute atomic E-state index is 14.0. The molecule has 2 fully saturated rings. The zero-order valence-corrected chi connectivity index (χ0v) is 35.4. The van der Waals surface area contributed by atoms with Crippen molar-refractivity contribution in [2.45, 2.75) is 90.6 Å². The largest absolute Gasteiger partial charge is 0.465 e. The minimum atomic E-state index is -0.345. The minimum absolute atomic E-state index is 0.0169. The van der Waals surface area contributed by atoms with Crippen LogP contribution in [0.25, 0.3) is 0 Å². The molecule has 1 unspecified atom stereocenters. The van der Waals surface area contributed by atoms with E-state index < -0.39 is 0 Å². The van der Waals surface area contributed by atoms with Gasteiger partial charge in [0.05, 0.1) is 24.2 Å². The molecule has 0 aliphatic heterocycles. The second kappa shape index (κ2) is 18.4. The van der Waals surface area contributed by atoms with Crippen molar-refractivity contribution in [1.29, 1.82) is 0 Å². The maximum atomic E-state index is 14.0. The summed E-state index contributed by atoms with van der Waals surface area (Å²) in [4.78, 5) is 53.6. The van der Waals surface area contributed by atoms with Gasteiger partial charge in [-0.2, -0.15) is 0 Å². The lowest BCUT2D eigenvalue weighted by molar-refractivity contribution is -0.151. The van der Waals surface area contributed by atoms with Crippen molar-refractivity contribution in [3.8, 4) is 0 Å². The number of methoxy groups -OCH3 is 1. The highest BCUT2D eigenvalue weighted by atomic mass is 32.1. The van der Waals surface area contributed by atoms with Crippen molar-refractivity contribution < 1.29 is 28.7 Å². The Kier molecular flexibility index (Phi) is 12.6. The summed E-state index contributed by atoms with van der Waals surface area (Å²) >= 11 is 1.53. The van der Waals surface area contributed by atoms with Crippen molar-refractivity contribution in [1.82, 2.24) is 0 Å². The summed E-state index contributed by atoms with van der Waals surface area (Å²) in [5.41, 5.74) is 8.13. The number of nitrogens with one attached hydrogen (secondary N) is 2. The number of anilines is 2. The van der Waals surface area contributed by atoms with E-state index in [1.54, 1.807) is 12.1 Å². The van der Waals surface area contributed by atoms with Gasteiger partial charge in [0, 0.05) is 16.1 Å². The zero-order chi connectivity index (χ0) is 41.6. The fraction of sp³-hybridized carbons (Fsp3) is 0.373. The molecule has 60 heavy (non-hydrogen) atoms. The van der Waals surface area contributed by atoms with E-state index in [0.717, 1.165) is 105 Å². The number of hydrogen-bond donors (Lipinski definition) is 2. The van der Waals surface area contributed by atoms with Gasteiger partial charge in [-0.3, -0.25) is 14.4 Å². The molecule has 2 N–H and O–H groups in total. The van der Waals surface area contributed by atoms with Crippen LogP contribution in [-0.4, -0.2) is 30.9 Å². The van der Waals surface area contributed by atoms with Crippen molar-refractivity contribution in [3.05, 3.63) is 153 Å². The molecular weight excluding hydrogens is 769 g/mol. The summed E-state index contributed by atoms with van der Waals surface area (Å²) in [6.45, 7) is 2.74. The van der Waals surface area contributed by atoms with Crippen LogP contribution in [0.3, 0.4) is 0 Å². The summed E-state index contributed by atoms with van der Waals surface area (Å²) in [5.74, 6) is 0.292. The molecule has 0 radical (unpaired) electrons. The van der Waals surface area contributed by atoms with Crippen LogP contribution in [0.15, 0.2) is 103 Å². The van der Waals surface area contributed by atoms with Crippen molar-refractivity contribution in [3.63, 3.8) is 0 Å². The topological polar surface area (TPSA) is 111 Å². The van der Waals surface area contributed by atoms with Gasteiger partial charge in [-0.05, 0) is 159 Å². The lowest BCUT2D eigenvalue weighted by atomic mass is 9.73. The molecule has 0 spiro atoms. The van der Waals surface area contributed by atoms with Crippen LogP contribution in [0.5, 0.6) is 0 Å². The first-order chi connectivity index (χ1) is 29.2. The van der Waals surface area contributed by atoms with Gasteiger partial charge >= 0.3 is 11.9 Å². The van der Waals surface area contributed by atoms with Crippen LogP contribution in [0, 0.1) is 23.2 Å². The first-order valence-electron chi connectivity index (χ1n) is 21.5. The quantitative estimate of drug-likeness (QED) is 0.108. The number of rotatable bonds is 14. The molecule has 0 saturated heterocycles. The lowest BCUT2D eigenvalue weighted by Crippen LogP contribution is -2.27. The van der Waals surface area contributed by atoms with E-state index in [4.69, 9.17) is 9.47 Å². The second-order valence-electron chi connectivity index (χ2n) is 17.2. The summed E-state index contributed by atoms with van der Waals surface area (Å²) in [6, 6.07) is 33.2. The van der Waals surface area contributed by atoms with Crippen LogP contribution < -0.4 is 10.6 Å². The number of amides is 2. The fourth-order valence-corrected chi connectivity index (χ4v) is 10.8. The molecule has 8 rings (SSSR count). The summed E-state index contributed by atoms with van der Waals surface area (Å²) < 4.78 is 10.5. The van der Waals surface area contributed by atoms with Crippen LogP contribution in [0.4, 0.5) is 10.7 Å². The number of benzene rings is 4. The van der Waals surface area contributed by atoms with E-state index in [-0.39, 0.29) is 35.1 Å². The standard InChI is InChI=1S/C51H54N2O6S/c1-51(40-25-23-38(24-26-40)50(57)59-32-35-9-4-3-5-10-35)31-41(51)30-36-11-8-12-39(29-36)46(54)53-48-45(43-13-6-7-14-44(43)60-48)47(55)52-42-27-19-34(20-28-42)16-15-33-17-21-37(22-18-33)49(56)58-2/h3-5,8-12,17-22,27-29,38,40-41H,6-7,13-16,23-26,30-32H2,1-2H3,(H,52,55)(H,53,54)/t38?,40?,41?,51-/m0/s1. The number of esters is 2. The summed E-state index contributed by atoms with van der Waals surface area (Å²) in [7, 11) is 1.38. The molecule has 2 amide bonds. The Hall–Kier alpha value is -5.54. The molecule has 3 aliphatic rings. The molecule has 2 saturated carbocycles. The van der Waals surface area contributed by atoms with Crippen molar-refractivity contribution in [2.24, 2.45) is 23.2 Å². The number of carbonyl (C=O) groups is 4. The lowest BCUT2D eigenvalue weighted by Gasteiger charge is -2.32. The average molecular weight is 823 g/mol. The summed E-state index contributed by atoms with van der Waals surface area (Å²) in [5, 5.41) is 6.88. The average Bonchev–Trinajstić information content (AvgIpc) is 3.79. The molecule has 8 nitrogen and oxygen atoms in total. The number of thiophene rings is 1. The van der Waals surface area contributed by atoms with E-state index in [2.05, 4.69) is 23.6 Å². The van der Waals surface area contributed by atoms with Crippen molar-refractivity contribution >= 4 is 45.8 Å². The number of hydrogen-bond acceptors (Lipinski definition) is 7. The Morgan fingerprint density at radius 1 is 0.717 bits per heavy atom. The van der Waals surface area contributed by atoms with Crippen molar-refractivity contribution in [2.75, 3.05) is 17.7 Å². The Bertz CT molecular complexity index is 2330. The molecule has 3 aliphatic carbocycles. The van der Waals surface area contributed by atoms with Gasteiger partial charge < -0.3 is 20.1 Å². The molecular formula is C51H54N2O6S. The molecule has 310 valence electrons. The number of ether oxygens (including phenoxy) is 2. The Morgan fingerprint density at radius 2 is 1.40 bits per heavy atom. The Labute approximate surface area is 357 Å². The number of fused-ring (bicyclic) bond motifs is 1. The normalized spacial score (nSPS) is 20.7. The number of aryl methyl sites for hydroxylation is 3. The highest BCUT2D eigenvalue weighted by molar-refractivity contribution is 7.17. The summed E-state index contributed by atoms with van der Waals surface area (Å²) in [6.07, 6.45) is 11.4. The van der Waals surface area contributed by atoms with E-state index in [0.29, 0.717) is 45.8 Å². The van der Waals surface area contributed by atoms with Crippen LogP contribution in [-0.2, 0) is 53.0 Å². The predicted octanol–water partition coefficient (Wildman–Crippen LogP) is 10.8. The molecule has 1 heterocycles. The van der Waals surface area contributed by atoms with Crippen LogP contribution in [0.1, 0.15) is 116 Å². The van der Waals surface area contributed by atoms with E-state index >= 15 is 0 Å². The SMILES string of the molecule is COC(=O)c1ccc(CCc2ccc(NC(=O)c3c(NC(=O)c4cccc(CC5C[C@@]5(C)C5CCC(C(=O)OCc6ccccc6)CC5)c4)sc4c3CCCC4)cc2)cc1. The van der Waals surface area contributed by atoms with Crippen LogP contribution >= 0.6 is 11.3 Å². The molecule has 1 aromatic heterocycles. The molecule has 4 aromatic carbocycles. The second-order valence-corrected chi connectivity index (χ2v) is 18.3. The van der Waals surface area contributed by atoms with E-state index in [9.17, 15) is 19.2 Å². The third kappa shape index (κ3) is 9.57. The smallest absolute Gasteiger partial charge is 0.337 e.